The molecule has 0 spiro atoms. The minimum absolute atomic E-state index is 0.0363. The number of rotatable bonds is 3. The molecule has 0 unspecified atom stereocenters. The zero-order chi connectivity index (χ0) is 14.7. The van der Waals surface area contributed by atoms with Crippen LogP contribution >= 0.6 is 0 Å². The van der Waals surface area contributed by atoms with Gasteiger partial charge in [0.05, 0.1) is 0 Å². The molecule has 0 radical (unpaired) electrons. The minimum Gasteiger partial charge on any atom is -0.508 e. The summed E-state index contributed by atoms with van der Waals surface area (Å²) in [6, 6.07) is 12.9. The largest absolute Gasteiger partial charge is 0.508 e. The molecule has 0 atom stereocenters. The Bertz CT molecular complexity index is 635. The molecule has 0 aromatic heterocycles. The number of carbonyl (C=O) groups is 1. The summed E-state index contributed by atoms with van der Waals surface area (Å²) in [5, 5.41) is 9.40. The first kappa shape index (κ1) is 14.1. The summed E-state index contributed by atoms with van der Waals surface area (Å²) in [5.74, 6) is 0.145. The summed E-state index contributed by atoms with van der Waals surface area (Å²) in [7, 11) is 1.79. The highest BCUT2D eigenvalue weighted by atomic mass is 16.3. The molecule has 104 valence electrons. The van der Waals surface area contributed by atoms with Gasteiger partial charge in [-0.25, -0.2) is 0 Å². The van der Waals surface area contributed by atoms with E-state index < -0.39 is 0 Å². The van der Waals surface area contributed by atoms with Gasteiger partial charge in [-0.2, -0.15) is 0 Å². The van der Waals surface area contributed by atoms with Crippen molar-refractivity contribution < 1.29 is 9.90 Å². The Morgan fingerprint density at radius 3 is 2.45 bits per heavy atom. The Morgan fingerprint density at radius 2 is 1.80 bits per heavy atom. The molecule has 3 heteroatoms. The van der Waals surface area contributed by atoms with Crippen LogP contribution in [0.5, 0.6) is 5.75 Å². The number of benzene rings is 2. The Hall–Kier alpha value is -2.29. The standard InChI is InChI=1S/C17H19NO2/c1-12-6-4-5-7-14(12)11-18(3)17(20)16-9-8-15(19)10-13(16)2/h4-10,19H,11H2,1-3H3. The lowest BCUT2D eigenvalue weighted by Gasteiger charge is -2.19. The zero-order valence-corrected chi connectivity index (χ0v) is 12.1. The molecule has 0 saturated heterocycles. The maximum atomic E-state index is 12.4. The molecule has 20 heavy (non-hydrogen) atoms. The highest BCUT2D eigenvalue weighted by Crippen LogP contribution is 2.18. The number of hydrogen-bond donors (Lipinski definition) is 1. The van der Waals surface area contributed by atoms with E-state index in [1.54, 1.807) is 30.1 Å². The molecule has 3 nitrogen and oxygen atoms in total. The van der Waals surface area contributed by atoms with E-state index in [9.17, 15) is 9.90 Å². The summed E-state index contributed by atoms with van der Waals surface area (Å²) in [6.45, 7) is 4.44. The van der Waals surface area contributed by atoms with Crippen molar-refractivity contribution in [3.63, 3.8) is 0 Å². The van der Waals surface area contributed by atoms with Crippen LogP contribution in [0.15, 0.2) is 42.5 Å². The Morgan fingerprint density at radius 1 is 1.10 bits per heavy atom. The van der Waals surface area contributed by atoms with Gasteiger partial charge < -0.3 is 10.0 Å². The number of phenolic OH excluding ortho intramolecular Hbond substituents is 1. The van der Waals surface area contributed by atoms with Gasteiger partial charge in [-0.1, -0.05) is 24.3 Å². The van der Waals surface area contributed by atoms with Crippen molar-refractivity contribution in [3.05, 3.63) is 64.7 Å². The molecule has 0 aliphatic carbocycles. The van der Waals surface area contributed by atoms with Crippen LogP contribution in [0.3, 0.4) is 0 Å². The van der Waals surface area contributed by atoms with Crippen molar-refractivity contribution >= 4 is 5.91 Å². The first-order valence-electron chi connectivity index (χ1n) is 6.58. The second-order valence-electron chi connectivity index (χ2n) is 5.09. The Labute approximate surface area is 119 Å². The van der Waals surface area contributed by atoms with E-state index in [-0.39, 0.29) is 11.7 Å². The maximum absolute atomic E-state index is 12.4. The van der Waals surface area contributed by atoms with Crippen LogP contribution in [0.2, 0.25) is 0 Å². The third-order valence-corrected chi connectivity index (χ3v) is 3.46. The SMILES string of the molecule is Cc1ccccc1CN(C)C(=O)c1ccc(O)cc1C. The fraction of sp³-hybridized carbons (Fsp3) is 0.235. The van der Waals surface area contributed by atoms with Crippen molar-refractivity contribution in [2.24, 2.45) is 0 Å². The second-order valence-corrected chi connectivity index (χ2v) is 5.09. The number of carbonyl (C=O) groups excluding carboxylic acids is 1. The predicted octanol–water partition coefficient (Wildman–Crippen LogP) is 3.28. The van der Waals surface area contributed by atoms with Gasteiger partial charge in [-0.15, -0.1) is 0 Å². The lowest BCUT2D eigenvalue weighted by molar-refractivity contribution is 0.0784. The molecule has 0 bridgehead atoms. The van der Waals surface area contributed by atoms with E-state index in [2.05, 4.69) is 0 Å². The Kier molecular flexibility index (Phi) is 4.08. The van der Waals surface area contributed by atoms with Gasteiger partial charge in [0.2, 0.25) is 0 Å². The van der Waals surface area contributed by atoms with Crippen molar-refractivity contribution in [2.75, 3.05) is 7.05 Å². The van der Waals surface area contributed by atoms with Gasteiger partial charge in [-0.3, -0.25) is 4.79 Å². The van der Waals surface area contributed by atoms with Gasteiger partial charge in [0.15, 0.2) is 0 Å². The average molecular weight is 269 g/mol. The monoisotopic (exact) mass is 269 g/mol. The average Bonchev–Trinajstić information content (AvgIpc) is 2.40. The number of amides is 1. The lowest BCUT2D eigenvalue weighted by Crippen LogP contribution is -2.27. The summed E-state index contributed by atoms with van der Waals surface area (Å²) >= 11 is 0. The molecule has 2 aromatic rings. The summed E-state index contributed by atoms with van der Waals surface area (Å²) in [6.07, 6.45) is 0. The van der Waals surface area contributed by atoms with Crippen molar-refractivity contribution in [1.29, 1.82) is 0 Å². The van der Waals surface area contributed by atoms with E-state index in [0.29, 0.717) is 12.1 Å². The van der Waals surface area contributed by atoms with Gasteiger partial charge in [-0.05, 0) is 48.7 Å². The van der Waals surface area contributed by atoms with E-state index >= 15 is 0 Å². The molecule has 0 aliphatic rings. The molecule has 0 aliphatic heterocycles. The fourth-order valence-electron chi connectivity index (χ4n) is 2.21. The number of aryl methyl sites for hydroxylation is 2. The second kappa shape index (κ2) is 5.78. The summed E-state index contributed by atoms with van der Waals surface area (Å²) in [4.78, 5) is 14.1. The number of hydrogen-bond acceptors (Lipinski definition) is 2. The molecule has 1 amide bonds. The van der Waals surface area contributed by atoms with Crippen LogP contribution in [0.25, 0.3) is 0 Å². The van der Waals surface area contributed by atoms with Crippen LogP contribution in [0, 0.1) is 13.8 Å². The van der Waals surface area contributed by atoms with E-state index in [1.165, 1.54) is 5.56 Å². The minimum atomic E-state index is -0.0363. The van der Waals surface area contributed by atoms with Gasteiger partial charge in [0.25, 0.3) is 5.91 Å². The first-order valence-corrected chi connectivity index (χ1v) is 6.58. The van der Waals surface area contributed by atoms with Crippen molar-refractivity contribution in [1.82, 2.24) is 4.90 Å². The third kappa shape index (κ3) is 2.99. The zero-order valence-electron chi connectivity index (χ0n) is 12.1. The fourth-order valence-corrected chi connectivity index (χ4v) is 2.21. The van der Waals surface area contributed by atoms with E-state index in [0.717, 1.165) is 11.1 Å². The number of nitrogens with zero attached hydrogens (tertiary/aromatic N) is 1. The summed E-state index contributed by atoms with van der Waals surface area (Å²) < 4.78 is 0. The van der Waals surface area contributed by atoms with Crippen LogP contribution < -0.4 is 0 Å². The smallest absolute Gasteiger partial charge is 0.254 e. The van der Waals surface area contributed by atoms with Crippen LogP contribution in [-0.2, 0) is 6.54 Å². The van der Waals surface area contributed by atoms with E-state index in [4.69, 9.17) is 0 Å². The Balaban J connectivity index is 2.19. The van der Waals surface area contributed by atoms with Crippen LogP contribution in [0.1, 0.15) is 27.0 Å². The predicted molar refractivity (Wildman–Crippen MR) is 79.8 cm³/mol. The van der Waals surface area contributed by atoms with Gasteiger partial charge in [0.1, 0.15) is 5.75 Å². The third-order valence-electron chi connectivity index (χ3n) is 3.46. The molecule has 0 heterocycles. The maximum Gasteiger partial charge on any atom is 0.254 e. The van der Waals surface area contributed by atoms with Crippen molar-refractivity contribution in [2.45, 2.75) is 20.4 Å². The summed E-state index contributed by atoms with van der Waals surface area (Å²) in [5.41, 5.74) is 3.72. The molecule has 2 rings (SSSR count). The first-order chi connectivity index (χ1) is 9.49. The van der Waals surface area contributed by atoms with Crippen molar-refractivity contribution in [3.8, 4) is 5.75 Å². The highest BCUT2D eigenvalue weighted by molar-refractivity contribution is 5.95. The highest BCUT2D eigenvalue weighted by Gasteiger charge is 2.15. The lowest BCUT2D eigenvalue weighted by atomic mass is 10.1. The number of aromatic hydroxyl groups is 1. The normalized spacial score (nSPS) is 10.3. The molecule has 0 fully saturated rings. The quantitative estimate of drug-likeness (QED) is 0.929. The molecule has 2 aromatic carbocycles. The van der Waals surface area contributed by atoms with Crippen LogP contribution in [-0.4, -0.2) is 23.0 Å². The topological polar surface area (TPSA) is 40.5 Å². The molecular weight excluding hydrogens is 250 g/mol. The number of phenols is 1. The van der Waals surface area contributed by atoms with Gasteiger partial charge >= 0.3 is 0 Å². The van der Waals surface area contributed by atoms with Gasteiger partial charge in [0, 0.05) is 19.2 Å². The molecule has 1 N–H and O–H groups in total. The molecular formula is C17H19NO2. The molecule has 0 saturated carbocycles. The van der Waals surface area contributed by atoms with E-state index in [1.807, 2.05) is 38.1 Å². The van der Waals surface area contributed by atoms with Crippen LogP contribution in [0.4, 0.5) is 0 Å².